The molecule has 1 N–H and O–H groups in total. The average Bonchev–Trinajstić information content (AvgIpc) is 3.24. The van der Waals surface area contributed by atoms with Crippen LogP contribution >= 0.6 is 34.7 Å². The Morgan fingerprint density at radius 2 is 2.13 bits per heavy atom. The van der Waals surface area contributed by atoms with Crippen molar-refractivity contribution in [1.29, 1.82) is 0 Å². The summed E-state index contributed by atoms with van der Waals surface area (Å²) in [5.41, 5.74) is 2.49. The standard InChI is InChI=1S/C20H22ClN3O4S2/c1-4-28-19(26)18-12(2)9-17(30-18)23-16(25)11-29-20-22-14-10-13(21)5-6-15(14)24(20)7-8-27-3/h5-6,9-10H,4,7-8,11H2,1-3H3,(H,23,25). The molecule has 0 aliphatic carbocycles. The molecule has 30 heavy (non-hydrogen) atoms. The molecule has 0 aliphatic heterocycles. The summed E-state index contributed by atoms with van der Waals surface area (Å²) >= 11 is 8.63. The van der Waals surface area contributed by atoms with Gasteiger partial charge in [0.05, 0.1) is 35.0 Å². The van der Waals surface area contributed by atoms with Crippen molar-refractivity contribution < 1.29 is 19.1 Å². The van der Waals surface area contributed by atoms with Gasteiger partial charge in [0.1, 0.15) is 4.88 Å². The lowest BCUT2D eigenvalue weighted by molar-refractivity contribution is -0.113. The largest absolute Gasteiger partial charge is 0.462 e. The van der Waals surface area contributed by atoms with Crippen molar-refractivity contribution in [1.82, 2.24) is 9.55 Å². The molecule has 0 unspecified atom stereocenters. The van der Waals surface area contributed by atoms with Crippen molar-refractivity contribution >= 4 is 62.6 Å². The van der Waals surface area contributed by atoms with Gasteiger partial charge in [-0.25, -0.2) is 9.78 Å². The normalized spacial score (nSPS) is 11.1. The number of benzene rings is 1. The number of hydrogen-bond acceptors (Lipinski definition) is 7. The Morgan fingerprint density at radius 3 is 2.87 bits per heavy atom. The van der Waals surface area contributed by atoms with Crippen LogP contribution in [0.1, 0.15) is 22.2 Å². The predicted molar refractivity (Wildman–Crippen MR) is 121 cm³/mol. The van der Waals surface area contributed by atoms with E-state index in [0.717, 1.165) is 16.6 Å². The second-order valence-electron chi connectivity index (χ2n) is 6.35. The van der Waals surface area contributed by atoms with E-state index in [1.807, 2.05) is 23.6 Å². The summed E-state index contributed by atoms with van der Waals surface area (Å²) < 4.78 is 12.3. The SMILES string of the molecule is CCOC(=O)c1sc(NC(=O)CSc2nc3cc(Cl)ccc3n2CCOC)cc1C. The number of aromatic nitrogens is 2. The molecule has 0 bridgehead atoms. The number of nitrogens with zero attached hydrogens (tertiary/aromatic N) is 2. The number of carbonyl (C=O) groups is 2. The smallest absolute Gasteiger partial charge is 0.348 e. The van der Waals surface area contributed by atoms with Gasteiger partial charge in [-0.15, -0.1) is 11.3 Å². The zero-order valence-electron chi connectivity index (χ0n) is 16.9. The summed E-state index contributed by atoms with van der Waals surface area (Å²) in [7, 11) is 1.64. The van der Waals surface area contributed by atoms with Crippen molar-refractivity contribution in [3.05, 3.63) is 39.7 Å². The van der Waals surface area contributed by atoms with Crippen LogP contribution in [0.15, 0.2) is 29.4 Å². The molecule has 0 fully saturated rings. The summed E-state index contributed by atoms with van der Waals surface area (Å²) in [6.07, 6.45) is 0. The van der Waals surface area contributed by atoms with Gasteiger partial charge in [-0.05, 0) is 43.7 Å². The highest BCUT2D eigenvalue weighted by Crippen LogP contribution is 2.29. The molecule has 160 valence electrons. The fourth-order valence-electron chi connectivity index (χ4n) is 2.84. The molecule has 0 radical (unpaired) electrons. The number of carbonyl (C=O) groups excluding carboxylic acids is 2. The summed E-state index contributed by atoms with van der Waals surface area (Å²) in [5, 5.41) is 4.78. The molecule has 0 saturated carbocycles. The third kappa shape index (κ3) is 5.34. The Balaban J connectivity index is 1.69. The lowest BCUT2D eigenvalue weighted by atomic mass is 10.3. The number of imidazole rings is 1. The second kappa shape index (κ2) is 10.3. The number of nitrogens with one attached hydrogen (secondary N) is 1. The van der Waals surface area contributed by atoms with E-state index in [9.17, 15) is 9.59 Å². The predicted octanol–water partition coefficient (Wildman–Crippen LogP) is 4.61. The molecule has 1 aromatic carbocycles. The van der Waals surface area contributed by atoms with E-state index >= 15 is 0 Å². The van der Waals surface area contributed by atoms with Gasteiger partial charge >= 0.3 is 5.97 Å². The van der Waals surface area contributed by atoms with Gasteiger partial charge < -0.3 is 19.4 Å². The van der Waals surface area contributed by atoms with Crippen LogP contribution in [0.25, 0.3) is 11.0 Å². The van der Waals surface area contributed by atoms with Crippen LogP contribution in [0.3, 0.4) is 0 Å². The summed E-state index contributed by atoms with van der Waals surface area (Å²) in [4.78, 5) is 29.5. The number of amides is 1. The first-order chi connectivity index (χ1) is 14.4. The monoisotopic (exact) mass is 467 g/mol. The van der Waals surface area contributed by atoms with E-state index in [4.69, 9.17) is 21.1 Å². The molecule has 7 nitrogen and oxygen atoms in total. The lowest BCUT2D eigenvalue weighted by Crippen LogP contribution is -2.14. The van der Waals surface area contributed by atoms with E-state index in [-0.39, 0.29) is 17.6 Å². The number of rotatable bonds is 9. The number of thioether (sulfide) groups is 1. The third-order valence-electron chi connectivity index (χ3n) is 4.17. The summed E-state index contributed by atoms with van der Waals surface area (Å²) in [6.45, 7) is 5.03. The molecule has 2 aromatic heterocycles. The highest BCUT2D eigenvalue weighted by Gasteiger charge is 2.17. The quantitative estimate of drug-likeness (QED) is 0.365. The van der Waals surface area contributed by atoms with Crippen molar-refractivity contribution in [3.8, 4) is 0 Å². The Morgan fingerprint density at radius 1 is 1.33 bits per heavy atom. The van der Waals surface area contributed by atoms with Gasteiger partial charge in [0.25, 0.3) is 0 Å². The minimum Gasteiger partial charge on any atom is -0.462 e. The molecule has 1 amide bonds. The summed E-state index contributed by atoms with van der Waals surface area (Å²) in [6, 6.07) is 7.30. The van der Waals surface area contributed by atoms with Crippen LogP contribution < -0.4 is 5.32 Å². The minimum absolute atomic E-state index is 0.176. The Bertz CT molecular complexity index is 1060. The van der Waals surface area contributed by atoms with Crippen molar-refractivity contribution in [2.75, 3.05) is 31.4 Å². The van der Waals surface area contributed by atoms with Gasteiger partial charge in [-0.1, -0.05) is 23.4 Å². The molecule has 2 heterocycles. The van der Waals surface area contributed by atoms with Crippen molar-refractivity contribution in [2.24, 2.45) is 0 Å². The van der Waals surface area contributed by atoms with Crippen LogP contribution in [-0.2, 0) is 20.8 Å². The van der Waals surface area contributed by atoms with E-state index < -0.39 is 0 Å². The molecule has 3 aromatic rings. The van der Waals surface area contributed by atoms with Crippen LogP contribution in [0.4, 0.5) is 5.00 Å². The fourth-order valence-corrected chi connectivity index (χ4v) is 4.83. The van der Waals surface area contributed by atoms with Crippen LogP contribution in [-0.4, -0.2) is 47.5 Å². The maximum absolute atomic E-state index is 12.5. The van der Waals surface area contributed by atoms with Gasteiger partial charge in [-0.3, -0.25) is 4.79 Å². The molecule has 10 heteroatoms. The first kappa shape index (κ1) is 22.6. The highest BCUT2D eigenvalue weighted by atomic mass is 35.5. The number of methoxy groups -OCH3 is 1. The molecule has 0 saturated heterocycles. The molecular weight excluding hydrogens is 446 g/mol. The van der Waals surface area contributed by atoms with E-state index in [1.165, 1.54) is 23.1 Å². The molecule has 3 rings (SSSR count). The topological polar surface area (TPSA) is 82.5 Å². The second-order valence-corrected chi connectivity index (χ2v) is 8.78. The highest BCUT2D eigenvalue weighted by molar-refractivity contribution is 7.99. The molecule has 0 spiro atoms. The third-order valence-corrected chi connectivity index (χ3v) is 6.51. The first-order valence-corrected chi connectivity index (χ1v) is 11.5. The number of fused-ring (bicyclic) bond motifs is 1. The van der Waals surface area contributed by atoms with E-state index in [1.54, 1.807) is 26.2 Å². The summed E-state index contributed by atoms with van der Waals surface area (Å²) in [5.74, 6) is -0.379. The Labute approximate surface area is 187 Å². The van der Waals surface area contributed by atoms with E-state index in [0.29, 0.717) is 39.8 Å². The Hall–Kier alpha value is -2.07. The zero-order valence-corrected chi connectivity index (χ0v) is 19.2. The lowest BCUT2D eigenvalue weighted by Gasteiger charge is -2.08. The maximum Gasteiger partial charge on any atom is 0.348 e. The number of thiophene rings is 1. The van der Waals surface area contributed by atoms with Gasteiger partial charge in [0.2, 0.25) is 5.91 Å². The number of anilines is 1. The molecule has 0 atom stereocenters. The van der Waals surface area contributed by atoms with Crippen LogP contribution in [0.5, 0.6) is 0 Å². The van der Waals surface area contributed by atoms with Crippen molar-refractivity contribution in [2.45, 2.75) is 25.5 Å². The van der Waals surface area contributed by atoms with E-state index in [2.05, 4.69) is 10.3 Å². The van der Waals surface area contributed by atoms with Crippen LogP contribution in [0.2, 0.25) is 5.02 Å². The fraction of sp³-hybridized carbons (Fsp3) is 0.350. The van der Waals surface area contributed by atoms with Gasteiger partial charge in [0, 0.05) is 18.7 Å². The zero-order chi connectivity index (χ0) is 21.7. The van der Waals surface area contributed by atoms with Gasteiger partial charge in [-0.2, -0.15) is 0 Å². The maximum atomic E-state index is 12.5. The van der Waals surface area contributed by atoms with Crippen LogP contribution in [0, 0.1) is 6.92 Å². The minimum atomic E-state index is -0.375. The molecule has 0 aliphatic rings. The number of esters is 1. The number of aryl methyl sites for hydroxylation is 1. The van der Waals surface area contributed by atoms with Gasteiger partial charge in [0.15, 0.2) is 5.16 Å². The number of hydrogen-bond donors (Lipinski definition) is 1. The van der Waals surface area contributed by atoms with Crippen molar-refractivity contribution in [3.63, 3.8) is 0 Å². The average molecular weight is 468 g/mol. The first-order valence-electron chi connectivity index (χ1n) is 9.27. The number of halogens is 1. The Kier molecular flexibility index (Phi) is 7.76. The molecular formula is C20H22ClN3O4S2. The number of ether oxygens (including phenoxy) is 2.